The van der Waals surface area contributed by atoms with Crippen molar-refractivity contribution in [1.29, 1.82) is 0 Å². The first-order valence-corrected chi connectivity index (χ1v) is 7.37. The third kappa shape index (κ3) is 3.26. The van der Waals surface area contributed by atoms with E-state index >= 15 is 0 Å². The Kier molecular flexibility index (Phi) is 5.01. The second-order valence-corrected chi connectivity index (χ2v) is 5.26. The fourth-order valence-electron chi connectivity index (χ4n) is 2.98. The van der Waals surface area contributed by atoms with Crippen molar-refractivity contribution in [2.75, 3.05) is 31.1 Å². The fourth-order valence-corrected chi connectivity index (χ4v) is 2.98. The van der Waals surface area contributed by atoms with Gasteiger partial charge < -0.3 is 15.8 Å². The van der Waals surface area contributed by atoms with E-state index in [-0.39, 0.29) is 11.7 Å². The molecule has 1 saturated heterocycles. The quantitative estimate of drug-likeness (QED) is 0.376. The van der Waals surface area contributed by atoms with Gasteiger partial charge in [0, 0.05) is 24.7 Å². The Labute approximate surface area is 124 Å². The van der Waals surface area contributed by atoms with Crippen LogP contribution >= 0.6 is 0 Å². The lowest BCUT2D eigenvalue weighted by molar-refractivity contribution is 0.232. The van der Waals surface area contributed by atoms with Crippen molar-refractivity contribution in [3.63, 3.8) is 0 Å². The second-order valence-electron chi connectivity index (χ2n) is 5.26. The summed E-state index contributed by atoms with van der Waals surface area (Å²) >= 11 is 0. The number of amidine groups is 1. The van der Waals surface area contributed by atoms with Crippen LogP contribution in [0.5, 0.6) is 0 Å². The first-order chi connectivity index (χ1) is 10.1. The molecule has 1 aliphatic heterocycles. The molecule has 6 heteroatoms. The van der Waals surface area contributed by atoms with Gasteiger partial charge in [-0.2, -0.15) is 0 Å². The standard InChI is InChI=1S/C15H23FN4O/c1-3-19(4-2)12-7-8-20(10-12)14-6-5-11(9-13(14)16)15(17)18-21/h5-6,9,12,21H,3-4,7-8,10H2,1-2H3,(H2,17,18). The lowest BCUT2D eigenvalue weighted by atomic mass is 10.1. The van der Waals surface area contributed by atoms with Crippen molar-refractivity contribution >= 4 is 11.5 Å². The SMILES string of the molecule is CCN(CC)C1CCN(c2ccc(C(N)=NO)cc2F)C1. The van der Waals surface area contributed by atoms with Gasteiger partial charge in [-0.15, -0.1) is 0 Å². The highest BCUT2D eigenvalue weighted by molar-refractivity contribution is 5.97. The van der Waals surface area contributed by atoms with Crippen LogP contribution < -0.4 is 10.6 Å². The summed E-state index contributed by atoms with van der Waals surface area (Å²) in [6.45, 7) is 8.01. The van der Waals surface area contributed by atoms with E-state index in [4.69, 9.17) is 10.9 Å². The average Bonchev–Trinajstić information content (AvgIpc) is 2.97. The Balaban J connectivity index is 2.13. The third-order valence-corrected chi connectivity index (χ3v) is 4.18. The maximum absolute atomic E-state index is 14.2. The lowest BCUT2D eigenvalue weighted by Crippen LogP contribution is -2.37. The molecule has 1 aliphatic rings. The van der Waals surface area contributed by atoms with Crippen molar-refractivity contribution in [1.82, 2.24) is 4.90 Å². The van der Waals surface area contributed by atoms with Crippen LogP contribution in [0.25, 0.3) is 0 Å². The van der Waals surface area contributed by atoms with Gasteiger partial charge in [-0.1, -0.05) is 19.0 Å². The van der Waals surface area contributed by atoms with Crippen LogP contribution in [0.2, 0.25) is 0 Å². The molecule has 0 aromatic heterocycles. The zero-order valence-electron chi connectivity index (χ0n) is 12.6. The van der Waals surface area contributed by atoms with E-state index in [1.807, 2.05) is 0 Å². The van der Waals surface area contributed by atoms with Crippen molar-refractivity contribution in [2.24, 2.45) is 10.9 Å². The van der Waals surface area contributed by atoms with E-state index in [9.17, 15) is 4.39 Å². The number of benzene rings is 1. The molecule has 5 nitrogen and oxygen atoms in total. The molecule has 0 bridgehead atoms. The van der Waals surface area contributed by atoms with Crippen LogP contribution in [-0.4, -0.2) is 48.2 Å². The maximum atomic E-state index is 14.2. The Hall–Kier alpha value is -1.82. The molecule has 116 valence electrons. The maximum Gasteiger partial charge on any atom is 0.170 e. The highest BCUT2D eigenvalue weighted by Gasteiger charge is 2.27. The van der Waals surface area contributed by atoms with Crippen molar-refractivity contribution in [3.8, 4) is 0 Å². The second kappa shape index (κ2) is 6.76. The van der Waals surface area contributed by atoms with E-state index in [0.717, 1.165) is 32.6 Å². The third-order valence-electron chi connectivity index (χ3n) is 4.18. The summed E-state index contributed by atoms with van der Waals surface area (Å²) in [4.78, 5) is 4.47. The van der Waals surface area contributed by atoms with Crippen LogP contribution in [0.1, 0.15) is 25.8 Å². The minimum Gasteiger partial charge on any atom is -0.409 e. The van der Waals surface area contributed by atoms with Crippen LogP contribution in [0.4, 0.5) is 10.1 Å². The van der Waals surface area contributed by atoms with Gasteiger partial charge in [0.15, 0.2) is 5.84 Å². The van der Waals surface area contributed by atoms with Crippen LogP contribution in [0.15, 0.2) is 23.4 Å². The first-order valence-electron chi connectivity index (χ1n) is 7.37. The average molecular weight is 294 g/mol. The summed E-state index contributed by atoms with van der Waals surface area (Å²) in [7, 11) is 0. The van der Waals surface area contributed by atoms with Crippen molar-refractivity contribution < 1.29 is 9.60 Å². The van der Waals surface area contributed by atoms with Gasteiger partial charge in [0.05, 0.1) is 5.69 Å². The summed E-state index contributed by atoms with van der Waals surface area (Å²) < 4.78 is 14.2. The normalized spacial score (nSPS) is 19.5. The Morgan fingerprint density at radius 3 is 2.76 bits per heavy atom. The summed E-state index contributed by atoms with van der Waals surface area (Å²) in [5, 5.41) is 11.5. The molecule has 2 rings (SSSR count). The number of oxime groups is 1. The highest BCUT2D eigenvalue weighted by atomic mass is 19.1. The van der Waals surface area contributed by atoms with E-state index in [2.05, 4.69) is 28.8 Å². The van der Waals surface area contributed by atoms with Crippen LogP contribution in [0.3, 0.4) is 0 Å². The number of hydrogen-bond acceptors (Lipinski definition) is 4. The molecular formula is C15H23FN4O. The molecule has 0 spiro atoms. The molecule has 0 amide bonds. The van der Waals surface area contributed by atoms with Gasteiger partial charge in [-0.05, 0) is 37.7 Å². The minimum absolute atomic E-state index is 0.0807. The van der Waals surface area contributed by atoms with Crippen molar-refractivity contribution in [3.05, 3.63) is 29.6 Å². The Bertz CT molecular complexity index is 516. The molecule has 1 fully saturated rings. The van der Waals surface area contributed by atoms with Gasteiger partial charge in [0.25, 0.3) is 0 Å². The van der Waals surface area contributed by atoms with Crippen LogP contribution in [0, 0.1) is 5.82 Å². The number of halogens is 1. The van der Waals surface area contributed by atoms with Gasteiger partial charge >= 0.3 is 0 Å². The topological polar surface area (TPSA) is 65.1 Å². The number of rotatable bonds is 5. The number of nitrogens with zero attached hydrogens (tertiary/aromatic N) is 3. The highest BCUT2D eigenvalue weighted by Crippen LogP contribution is 2.26. The summed E-state index contributed by atoms with van der Waals surface area (Å²) in [5.41, 5.74) is 6.45. The van der Waals surface area contributed by atoms with Gasteiger partial charge in [0.2, 0.25) is 0 Å². The monoisotopic (exact) mass is 294 g/mol. The molecule has 3 N–H and O–H groups in total. The summed E-state index contributed by atoms with van der Waals surface area (Å²) in [6, 6.07) is 5.17. The van der Waals surface area contributed by atoms with E-state index in [1.54, 1.807) is 12.1 Å². The molecule has 21 heavy (non-hydrogen) atoms. The molecule has 0 radical (unpaired) electrons. The lowest BCUT2D eigenvalue weighted by Gasteiger charge is -2.26. The zero-order valence-corrected chi connectivity index (χ0v) is 12.6. The Morgan fingerprint density at radius 1 is 1.48 bits per heavy atom. The van der Waals surface area contributed by atoms with E-state index < -0.39 is 0 Å². The molecule has 0 aliphatic carbocycles. The largest absolute Gasteiger partial charge is 0.409 e. The van der Waals surface area contributed by atoms with Gasteiger partial charge in [-0.3, -0.25) is 4.90 Å². The molecule has 1 unspecified atom stereocenters. The zero-order chi connectivity index (χ0) is 15.4. The van der Waals surface area contributed by atoms with Crippen molar-refractivity contribution in [2.45, 2.75) is 26.3 Å². The fraction of sp³-hybridized carbons (Fsp3) is 0.533. The summed E-state index contributed by atoms with van der Waals surface area (Å²) in [5.74, 6) is -0.415. The van der Waals surface area contributed by atoms with Gasteiger partial charge in [0.1, 0.15) is 5.82 Å². The molecule has 1 atom stereocenters. The van der Waals surface area contributed by atoms with E-state index in [0.29, 0.717) is 17.3 Å². The summed E-state index contributed by atoms with van der Waals surface area (Å²) in [6.07, 6.45) is 1.04. The first kappa shape index (κ1) is 15.6. The minimum atomic E-state index is -0.334. The molecule has 0 saturated carbocycles. The van der Waals surface area contributed by atoms with Crippen LogP contribution in [-0.2, 0) is 0 Å². The van der Waals surface area contributed by atoms with Gasteiger partial charge in [-0.25, -0.2) is 4.39 Å². The predicted octanol–water partition coefficient (Wildman–Crippen LogP) is 1.84. The number of nitrogens with two attached hydrogens (primary N) is 1. The number of likely N-dealkylation sites (N-methyl/N-ethyl adjacent to an activating group) is 1. The molecular weight excluding hydrogens is 271 g/mol. The molecule has 1 aromatic rings. The Morgan fingerprint density at radius 2 is 2.19 bits per heavy atom. The molecule has 1 heterocycles. The number of anilines is 1. The smallest absolute Gasteiger partial charge is 0.170 e. The molecule has 1 aromatic carbocycles. The van der Waals surface area contributed by atoms with E-state index in [1.165, 1.54) is 6.07 Å². The number of hydrogen-bond donors (Lipinski definition) is 2. The predicted molar refractivity (Wildman–Crippen MR) is 82.4 cm³/mol.